The average Bonchev–Trinajstić information content (AvgIpc) is 2.89. The monoisotopic (exact) mass is 237 g/mol. The van der Waals surface area contributed by atoms with E-state index in [1.807, 2.05) is 0 Å². The van der Waals surface area contributed by atoms with Crippen LogP contribution in [-0.4, -0.2) is 26.0 Å². The fourth-order valence-corrected chi connectivity index (χ4v) is 0.986. The van der Waals surface area contributed by atoms with Gasteiger partial charge in [0.1, 0.15) is 11.3 Å². The average molecular weight is 237 g/mol. The Bertz CT molecular complexity index is 557. The maximum absolute atomic E-state index is 10.3. The summed E-state index contributed by atoms with van der Waals surface area (Å²) in [5.41, 5.74) is 2.48. The van der Waals surface area contributed by atoms with Gasteiger partial charge >= 0.3 is 5.88 Å². The van der Waals surface area contributed by atoms with Crippen LogP contribution in [0, 0.1) is 10.1 Å². The second kappa shape index (κ2) is 4.30. The summed E-state index contributed by atoms with van der Waals surface area (Å²) in [5, 5.41) is 21.2. The number of hydrogen-bond donors (Lipinski definition) is 2. The van der Waals surface area contributed by atoms with Crippen LogP contribution in [0.1, 0.15) is 5.76 Å². The van der Waals surface area contributed by atoms with Crippen molar-refractivity contribution in [2.75, 3.05) is 11.3 Å². The van der Waals surface area contributed by atoms with Crippen molar-refractivity contribution < 1.29 is 9.34 Å². The van der Waals surface area contributed by atoms with E-state index in [0.29, 0.717) is 0 Å². The Morgan fingerprint density at radius 1 is 1.65 bits per heavy atom. The summed E-state index contributed by atoms with van der Waals surface area (Å²) < 4.78 is 5.96. The molecule has 0 unspecified atom stereocenters. The van der Waals surface area contributed by atoms with Gasteiger partial charge in [-0.1, -0.05) is 0 Å². The molecular weight excluding hydrogens is 230 g/mol. The van der Waals surface area contributed by atoms with Crippen molar-refractivity contribution in [2.24, 2.45) is 5.10 Å². The summed E-state index contributed by atoms with van der Waals surface area (Å²) in [7, 11) is 0. The molecule has 0 saturated carbocycles. The van der Waals surface area contributed by atoms with Crippen LogP contribution in [0.3, 0.4) is 0 Å². The van der Waals surface area contributed by atoms with E-state index in [-0.39, 0.29) is 17.6 Å². The highest BCUT2D eigenvalue weighted by atomic mass is 16.6. The predicted molar refractivity (Wildman–Crippen MR) is 56.8 cm³/mol. The number of nitro groups is 1. The molecule has 0 radical (unpaired) electrons. The summed E-state index contributed by atoms with van der Waals surface area (Å²) >= 11 is 0. The molecule has 10 heteroatoms. The lowest BCUT2D eigenvalue weighted by atomic mass is 10.5. The highest BCUT2D eigenvalue weighted by Gasteiger charge is 2.10. The van der Waals surface area contributed by atoms with E-state index in [4.69, 9.17) is 10.3 Å². The van der Waals surface area contributed by atoms with Gasteiger partial charge in [-0.25, -0.2) is 10.1 Å². The largest absolute Gasteiger partial charge is 0.433 e. The van der Waals surface area contributed by atoms with E-state index in [1.165, 1.54) is 24.7 Å². The third kappa shape index (κ3) is 2.37. The maximum atomic E-state index is 10.3. The molecule has 0 aliphatic heterocycles. The number of nitrogen functional groups attached to an aromatic ring is 1. The minimum absolute atomic E-state index is 0.224. The molecule has 0 fully saturated rings. The van der Waals surface area contributed by atoms with Gasteiger partial charge in [0.15, 0.2) is 5.76 Å². The fraction of sp³-hybridized carbons (Fsp3) is 0. The van der Waals surface area contributed by atoms with Crippen LogP contribution in [0.5, 0.6) is 0 Å². The quantitative estimate of drug-likeness (QED) is 0.328. The Morgan fingerprint density at radius 3 is 3.06 bits per heavy atom. The van der Waals surface area contributed by atoms with Gasteiger partial charge in [0, 0.05) is 0 Å². The SMILES string of the molecule is Nn1cnnc1N/N=C\c1ccc([N+](=O)[O-])o1. The Balaban J connectivity index is 2.01. The van der Waals surface area contributed by atoms with Crippen LogP contribution in [0.4, 0.5) is 11.8 Å². The van der Waals surface area contributed by atoms with Gasteiger partial charge in [-0.3, -0.25) is 10.1 Å². The van der Waals surface area contributed by atoms with Crippen LogP contribution in [0.2, 0.25) is 0 Å². The highest BCUT2D eigenvalue weighted by molar-refractivity contribution is 5.76. The summed E-state index contributed by atoms with van der Waals surface area (Å²) in [6, 6.07) is 2.64. The Morgan fingerprint density at radius 2 is 2.47 bits per heavy atom. The van der Waals surface area contributed by atoms with E-state index in [0.717, 1.165) is 4.68 Å². The number of anilines is 1. The number of rotatable bonds is 4. The Kier molecular flexibility index (Phi) is 2.68. The van der Waals surface area contributed by atoms with Gasteiger partial charge in [-0.15, -0.1) is 10.2 Å². The predicted octanol–water partition coefficient (Wildman–Crippen LogP) is -0.0609. The lowest BCUT2D eigenvalue weighted by Crippen LogP contribution is -2.10. The molecule has 0 spiro atoms. The summed E-state index contributed by atoms with van der Waals surface area (Å²) in [5.74, 6) is 5.51. The molecule has 0 atom stereocenters. The van der Waals surface area contributed by atoms with Crippen molar-refractivity contribution in [3.8, 4) is 0 Å². The van der Waals surface area contributed by atoms with Crippen LogP contribution < -0.4 is 11.3 Å². The van der Waals surface area contributed by atoms with Gasteiger partial charge < -0.3 is 10.3 Å². The third-order valence-electron chi connectivity index (χ3n) is 1.72. The molecule has 2 heterocycles. The molecule has 0 aliphatic carbocycles. The Hall–Kier alpha value is -2.91. The molecule has 10 nitrogen and oxygen atoms in total. The second-order valence-electron chi connectivity index (χ2n) is 2.86. The molecule has 2 aromatic heterocycles. The lowest BCUT2D eigenvalue weighted by molar-refractivity contribution is -0.402. The van der Waals surface area contributed by atoms with E-state index >= 15 is 0 Å². The van der Waals surface area contributed by atoms with Gasteiger partial charge in [-0.05, 0) is 6.07 Å². The van der Waals surface area contributed by atoms with Crippen molar-refractivity contribution in [1.29, 1.82) is 0 Å². The number of hydrogen-bond acceptors (Lipinski definition) is 8. The van der Waals surface area contributed by atoms with Gasteiger partial charge in [0.25, 0.3) is 5.95 Å². The fourth-order valence-electron chi connectivity index (χ4n) is 0.986. The Labute approximate surface area is 93.9 Å². The first-order chi connectivity index (χ1) is 8.16. The first kappa shape index (κ1) is 10.6. The lowest BCUT2D eigenvalue weighted by Gasteiger charge is -1.95. The van der Waals surface area contributed by atoms with Crippen molar-refractivity contribution in [1.82, 2.24) is 14.9 Å². The molecule has 0 saturated heterocycles. The van der Waals surface area contributed by atoms with Crippen molar-refractivity contribution >= 4 is 18.0 Å². The molecule has 88 valence electrons. The van der Waals surface area contributed by atoms with Crippen LogP contribution in [0.25, 0.3) is 0 Å². The minimum Gasteiger partial charge on any atom is -0.400 e. The number of nitrogens with zero attached hydrogens (tertiary/aromatic N) is 5. The molecule has 0 aliphatic rings. The first-order valence-corrected chi connectivity index (χ1v) is 4.35. The molecule has 2 aromatic rings. The summed E-state index contributed by atoms with van der Waals surface area (Å²) in [6.07, 6.45) is 2.54. The number of aromatic nitrogens is 3. The molecule has 0 amide bonds. The van der Waals surface area contributed by atoms with Gasteiger partial charge in [-0.2, -0.15) is 5.10 Å². The number of hydrazone groups is 1. The second-order valence-corrected chi connectivity index (χ2v) is 2.86. The molecule has 2 rings (SSSR count). The molecular formula is C7H7N7O3. The van der Waals surface area contributed by atoms with E-state index in [2.05, 4.69) is 20.7 Å². The van der Waals surface area contributed by atoms with Crippen molar-refractivity contribution in [2.45, 2.75) is 0 Å². The topological polar surface area (TPSA) is 137 Å². The maximum Gasteiger partial charge on any atom is 0.433 e. The molecule has 0 aromatic carbocycles. The summed E-state index contributed by atoms with van der Waals surface area (Å²) in [6.45, 7) is 0. The molecule has 0 bridgehead atoms. The zero-order valence-corrected chi connectivity index (χ0v) is 8.35. The van der Waals surface area contributed by atoms with Gasteiger partial charge in [0.05, 0.1) is 12.3 Å². The van der Waals surface area contributed by atoms with E-state index < -0.39 is 4.92 Å². The van der Waals surface area contributed by atoms with Crippen molar-refractivity contribution in [3.05, 3.63) is 34.3 Å². The van der Waals surface area contributed by atoms with E-state index in [9.17, 15) is 10.1 Å². The van der Waals surface area contributed by atoms with Crippen molar-refractivity contribution in [3.63, 3.8) is 0 Å². The smallest absolute Gasteiger partial charge is 0.400 e. The number of nitrogens with one attached hydrogen (secondary N) is 1. The number of furan rings is 1. The third-order valence-corrected chi connectivity index (χ3v) is 1.72. The normalized spacial score (nSPS) is 10.8. The standard InChI is InChI=1S/C7H7N7O3/c8-13-4-10-12-7(13)11-9-3-5-1-2-6(17-5)14(15)16/h1-4H,8H2,(H,11,12)/b9-3-. The summed E-state index contributed by atoms with van der Waals surface area (Å²) in [4.78, 5) is 9.70. The highest BCUT2D eigenvalue weighted by Crippen LogP contribution is 2.13. The van der Waals surface area contributed by atoms with Crippen LogP contribution in [0.15, 0.2) is 28.0 Å². The van der Waals surface area contributed by atoms with Crippen LogP contribution >= 0.6 is 0 Å². The van der Waals surface area contributed by atoms with Gasteiger partial charge in [0.2, 0.25) is 0 Å². The van der Waals surface area contributed by atoms with Crippen LogP contribution in [-0.2, 0) is 0 Å². The zero-order valence-electron chi connectivity index (χ0n) is 8.35. The first-order valence-electron chi connectivity index (χ1n) is 4.35. The zero-order chi connectivity index (χ0) is 12.3. The van der Waals surface area contributed by atoms with E-state index in [1.54, 1.807) is 0 Å². The minimum atomic E-state index is -0.638. The number of nitrogens with two attached hydrogens (primary N) is 1. The molecule has 17 heavy (non-hydrogen) atoms. The molecule has 3 N–H and O–H groups in total.